The predicted octanol–water partition coefficient (Wildman–Crippen LogP) is 6.57. The molecule has 5 amide bonds. The van der Waals surface area contributed by atoms with Crippen molar-refractivity contribution in [2.24, 2.45) is 11.8 Å². The van der Waals surface area contributed by atoms with Crippen LogP contribution >= 0.6 is 22.7 Å². The van der Waals surface area contributed by atoms with Crippen molar-refractivity contribution in [2.75, 3.05) is 19.7 Å². The molecule has 0 spiro atoms. The maximum atomic E-state index is 14.7. The fourth-order valence-electron chi connectivity index (χ4n) is 10.4. The molecule has 0 unspecified atom stereocenters. The van der Waals surface area contributed by atoms with Crippen LogP contribution in [0, 0.1) is 32.6 Å². The highest BCUT2D eigenvalue weighted by molar-refractivity contribution is 7.13. The Labute approximate surface area is 437 Å². The Hall–Kier alpha value is -6.80. The highest BCUT2D eigenvalue weighted by Crippen LogP contribution is 2.37. The first kappa shape index (κ1) is 52.1. The summed E-state index contributed by atoms with van der Waals surface area (Å²) in [6, 6.07) is 19.6. The molecule has 9 rings (SSSR count). The molecule has 17 nitrogen and oxygen atoms in total. The minimum atomic E-state index is -1.73. The van der Waals surface area contributed by atoms with Gasteiger partial charge in [-0.25, -0.2) is 9.97 Å². The van der Waals surface area contributed by atoms with Gasteiger partial charge in [-0.15, -0.1) is 22.7 Å². The van der Waals surface area contributed by atoms with Gasteiger partial charge < -0.3 is 44.8 Å². The highest BCUT2D eigenvalue weighted by Gasteiger charge is 2.51. The molecule has 2 fully saturated rings. The third kappa shape index (κ3) is 10.7. The summed E-state index contributed by atoms with van der Waals surface area (Å²) in [5, 5.41) is 31.6. The number of amides is 5. The van der Waals surface area contributed by atoms with Crippen molar-refractivity contribution in [3.8, 4) is 26.6 Å². The number of fused-ring (bicyclic) bond motifs is 1. The van der Waals surface area contributed by atoms with Crippen molar-refractivity contribution in [2.45, 2.75) is 117 Å². The maximum Gasteiger partial charge on any atom is 0.255 e. The lowest BCUT2D eigenvalue weighted by molar-refractivity contribution is -0.143. The number of aliphatic hydroxyl groups excluding tert-OH is 1. The summed E-state index contributed by atoms with van der Waals surface area (Å²) in [6.07, 6.45) is -0.642. The molecule has 3 aromatic heterocycles. The number of benzene rings is 3. The summed E-state index contributed by atoms with van der Waals surface area (Å²) < 4.78 is 12.2. The molecular weight excluding hydrogens is 981 g/mol. The summed E-state index contributed by atoms with van der Waals surface area (Å²) in [5.74, 6) is -2.59. The number of nitrogens with one attached hydrogen (secondary N) is 2. The van der Waals surface area contributed by atoms with Gasteiger partial charge in [-0.05, 0) is 72.6 Å². The molecule has 6 aromatic rings. The molecule has 19 heteroatoms. The zero-order valence-electron chi connectivity index (χ0n) is 42.5. The fourth-order valence-corrected chi connectivity index (χ4v) is 12.0. The summed E-state index contributed by atoms with van der Waals surface area (Å²) in [7, 11) is 0. The molecule has 388 valence electrons. The van der Waals surface area contributed by atoms with Crippen LogP contribution in [-0.2, 0) is 38.8 Å². The Morgan fingerprint density at radius 1 is 0.797 bits per heavy atom. The van der Waals surface area contributed by atoms with Gasteiger partial charge in [0.05, 0.1) is 57.6 Å². The van der Waals surface area contributed by atoms with E-state index in [1.165, 1.54) is 9.80 Å². The normalized spacial score (nSPS) is 20.3. The van der Waals surface area contributed by atoms with E-state index in [9.17, 15) is 34.2 Å². The Morgan fingerprint density at radius 3 is 1.91 bits per heavy atom. The van der Waals surface area contributed by atoms with Crippen LogP contribution < -0.4 is 15.4 Å². The van der Waals surface area contributed by atoms with Crippen molar-refractivity contribution >= 4 is 52.2 Å². The molecule has 2 saturated heterocycles. The van der Waals surface area contributed by atoms with E-state index in [-0.39, 0.29) is 63.3 Å². The van der Waals surface area contributed by atoms with Crippen molar-refractivity contribution in [1.82, 2.24) is 40.5 Å². The Balaban J connectivity index is 0.889. The second-order valence-corrected chi connectivity index (χ2v) is 22.2. The Bertz CT molecular complexity index is 3040. The quantitative estimate of drug-likeness (QED) is 0.0762. The van der Waals surface area contributed by atoms with Gasteiger partial charge in [0.25, 0.3) is 5.91 Å². The lowest BCUT2D eigenvalue weighted by atomic mass is 9.91. The average molecular weight is 1040 g/mol. The number of aryl methyl sites for hydroxylation is 3. The largest absolute Gasteiger partial charge is 0.488 e. The van der Waals surface area contributed by atoms with Crippen molar-refractivity contribution < 1.29 is 43.4 Å². The monoisotopic (exact) mass is 1040 g/mol. The van der Waals surface area contributed by atoms with Crippen LogP contribution in [0.1, 0.15) is 96.3 Å². The molecule has 6 atom stereocenters. The van der Waals surface area contributed by atoms with E-state index in [1.54, 1.807) is 64.3 Å². The van der Waals surface area contributed by atoms with Gasteiger partial charge in [-0.3, -0.25) is 24.0 Å². The number of β-amino-alcohol motifs (C(OH)–C–C–N with tert-alkyl or cyclic N) is 1. The zero-order valence-corrected chi connectivity index (χ0v) is 44.2. The fraction of sp³-hybridized carbons (Fsp3) is 0.418. The second kappa shape index (κ2) is 21.6. The SMILES string of the molecule is Cc1cc([C@H](C(=O)N2C[C@H](Oc3ccc4c(c3)C(=O)N([C@H](C(=O)N3C[C@](O)(CO)C[C@H]3C(=O)NCc3ccc(-c5scnc5C)cc3)C(C)C)C4)C[C@H]2C(=O)NCc2ccc(-c3scnc3C)cc2)C(C)C)on1. The molecule has 0 aliphatic carbocycles. The number of aromatic nitrogens is 3. The van der Waals surface area contributed by atoms with Gasteiger partial charge in [0.15, 0.2) is 0 Å². The smallest absolute Gasteiger partial charge is 0.255 e. The number of carbonyl (C=O) groups excluding carboxylic acids is 5. The Kier molecular flexibility index (Phi) is 15.2. The van der Waals surface area contributed by atoms with Gasteiger partial charge in [0.1, 0.15) is 47.3 Å². The van der Waals surface area contributed by atoms with Crippen LogP contribution in [0.3, 0.4) is 0 Å². The van der Waals surface area contributed by atoms with E-state index in [1.807, 2.05) is 95.6 Å². The van der Waals surface area contributed by atoms with Crippen LogP contribution in [0.4, 0.5) is 0 Å². The number of carbonyl (C=O) groups is 5. The molecule has 3 aliphatic heterocycles. The topological polar surface area (TPSA) is 221 Å². The van der Waals surface area contributed by atoms with E-state index in [0.717, 1.165) is 43.4 Å². The number of nitrogens with zero attached hydrogens (tertiary/aromatic N) is 6. The minimum absolute atomic E-state index is 0.0848. The van der Waals surface area contributed by atoms with Crippen LogP contribution in [0.5, 0.6) is 5.75 Å². The number of rotatable bonds is 17. The third-order valence-electron chi connectivity index (χ3n) is 14.3. The number of ether oxygens (including phenoxy) is 1. The highest BCUT2D eigenvalue weighted by atomic mass is 32.1. The van der Waals surface area contributed by atoms with Crippen LogP contribution in [0.2, 0.25) is 0 Å². The van der Waals surface area contributed by atoms with Gasteiger partial charge in [0.2, 0.25) is 23.6 Å². The van der Waals surface area contributed by atoms with Crippen molar-refractivity contribution in [3.05, 3.63) is 129 Å². The minimum Gasteiger partial charge on any atom is -0.488 e. The van der Waals surface area contributed by atoms with Gasteiger partial charge in [0, 0.05) is 44.1 Å². The standard InChI is InChI=1S/C55H62N8O9S2/c1-30(2)46(45-18-32(5)60-72-45)53(68)61-25-41(20-43(61)50(65)56-22-35-8-12-37(13-9-35)48-33(6)58-28-73-48)71-40-17-16-39-24-62(52(67)42(39)19-40)47(31(3)4)54(69)63-26-55(70,27-64)21-44(63)51(66)57-23-36-10-14-38(15-11-36)49-34(7)59-29-74-49/h8-19,28-31,41,43-44,46-47,64,70H,20-27H2,1-7H3,(H,56,65)(H,57,66)/t41-,43+,44+,46-,47+,55+/m1/s1. The van der Waals surface area contributed by atoms with E-state index in [2.05, 4.69) is 25.8 Å². The van der Waals surface area contributed by atoms with E-state index < -0.39 is 66.0 Å². The van der Waals surface area contributed by atoms with E-state index in [4.69, 9.17) is 9.26 Å². The van der Waals surface area contributed by atoms with E-state index >= 15 is 0 Å². The summed E-state index contributed by atoms with van der Waals surface area (Å²) >= 11 is 3.12. The lowest BCUT2D eigenvalue weighted by Crippen LogP contribution is -2.55. The lowest BCUT2D eigenvalue weighted by Gasteiger charge is -2.35. The van der Waals surface area contributed by atoms with Gasteiger partial charge in [-0.1, -0.05) is 87.4 Å². The summed E-state index contributed by atoms with van der Waals surface area (Å²) in [6.45, 7) is 12.8. The van der Waals surface area contributed by atoms with Crippen molar-refractivity contribution in [1.29, 1.82) is 0 Å². The zero-order chi connectivity index (χ0) is 52.6. The number of hydrogen-bond donors (Lipinski definition) is 4. The maximum absolute atomic E-state index is 14.7. The molecular formula is C55H62N8O9S2. The molecule has 6 heterocycles. The molecule has 74 heavy (non-hydrogen) atoms. The Morgan fingerprint density at radius 2 is 1.39 bits per heavy atom. The third-order valence-corrected chi connectivity index (χ3v) is 16.3. The molecule has 0 radical (unpaired) electrons. The average Bonchev–Trinajstić information content (AvgIpc) is 4.27. The molecule has 0 bridgehead atoms. The number of thiazole rings is 2. The first-order valence-corrected chi connectivity index (χ1v) is 26.7. The number of likely N-dealkylation sites (tertiary alicyclic amines) is 2. The van der Waals surface area contributed by atoms with E-state index in [0.29, 0.717) is 28.3 Å². The molecule has 3 aromatic carbocycles. The summed E-state index contributed by atoms with van der Waals surface area (Å²) in [5.41, 5.74) is 9.17. The number of aliphatic hydroxyl groups is 2. The number of hydrogen-bond acceptors (Lipinski definition) is 14. The first-order chi connectivity index (χ1) is 35.4. The molecule has 4 N–H and O–H groups in total. The predicted molar refractivity (Wildman–Crippen MR) is 279 cm³/mol. The first-order valence-electron chi connectivity index (χ1n) is 24.9. The molecule has 0 saturated carbocycles. The van der Waals surface area contributed by atoms with Crippen LogP contribution in [0.15, 0.2) is 88.3 Å². The summed E-state index contributed by atoms with van der Waals surface area (Å²) in [4.78, 5) is 87.1. The molecule has 3 aliphatic rings. The van der Waals surface area contributed by atoms with Gasteiger partial charge >= 0.3 is 0 Å². The van der Waals surface area contributed by atoms with Gasteiger partial charge in [-0.2, -0.15) is 0 Å². The van der Waals surface area contributed by atoms with Crippen LogP contribution in [-0.4, -0.2) is 119 Å². The van der Waals surface area contributed by atoms with Crippen molar-refractivity contribution in [3.63, 3.8) is 0 Å². The van der Waals surface area contributed by atoms with Crippen LogP contribution in [0.25, 0.3) is 20.9 Å². The second-order valence-electron chi connectivity index (χ2n) is 20.4.